The maximum Gasteiger partial charge on any atom is 0.158 e. The van der Waals surface area contributed by atoms with Crippen LogP contribution in [0.4, 0.5) is 5.82 Å². The molecule has 3 N–H and O–H groups in total. The molecule has 0 amide bonds. The van der Waals surface area contributed by atoms with Crippen LogP contribution < -0.4 is 5.73 Å². The second kappa shape index (κ2) is 3.76. The highest BCUT2D eigenvalue weighted by Crippen LogP contribution is 2.24. The number of aromatic nitrogens is 4. The first kappa shape index (κ1) is 9.76. The summed E-state index contributed by atoms with van der Waals surface area (Å²) in [5.74, 6) is 1.46. The molecule has 0 aliphatic rings. The number of H-pyrrole nitrogens is 1. The summed E-state index contributed by atoms with van der Waals surface area (Å²) in [6, 6.07) is 0. The van der Waals surface area contributed by atoms with E-state index in [1.54, 1.807) is 6.20 Å². The van der Waals surface area contributed by atoms with Crippen LogP contribution in [0.5, 0.6) is 0 Å². The lowest BCUT2D eigenvalue weighted by molar-refractivity contribution is 0.895. The minimum Gasteiger partial charge on any atom is -0.382 e. The molecule has 0 atom stereocenters. The zero-order valence-corrected chi connectivity index (χ0v) is 8.99. The van der Waals surface area contributed by atoms with Gasteiger partial charge in [-0.15, -0.1) is 0 Å². The molecule has 0 saturated heterocycles. The highest BCUT2D eigenvalue weighted by Gasteiger charge is 2.14. The number of anilines is 1. The number of nitrogens with zero attached hydrogens (tertiary/aromatic N) is 3. The molecule has 0 aliphatic heterocycles. The summed E-state index contributed by atoms with van der Waals surface area (Å²) < 4.78 is 1.95. The third-order valence-electron chi connectivity index (χ3n) is 2.44. The van der Waals surface area contributed by atoms with Gasteiger partial charge in [-0.1, -0.05) is 13.3 Å². The lowest BCUT2D eigenvalue weighted by Gasteiger charge is -2.02. The van der Waals surface area contributed by atoms with Gasteiger partial charge in [0.2, 0.25) is 0 Å². The topological polar surface area (TPSA) is 72.5 Å². The fourth-order valence-electron chi connectivity index (χ4n) is 1.67. The van der Waals surface area contributed by atoms with E-state index in [1.807, 2.05) is 17.8 Å². The summed E-state index contributed by atoms with van der Waals surface area (Å²) in [4.78, 5) is 4.28. The van der Waals surface area contributed by atoms with Crippen molar-refractivity contribution in [2.24, 2.45) is 7.05 Å². The summed E-state index contributed by atoms with van der Waals surface area (Å²) in [7, 11) is 1.95. The summed E-state index contributed by atoms with van der Waals surface area (Å²) >= 11 is 0. The van der Waals surface area contributed by atoms with Crippen molar-refractivity contribution in [3.63, 3.8) is 0 Å². The van der Waals surface area contributed by atoms with Gasteiger partial charge in [0, 0.05) is 25.0 Å². The number of rotatable bonds is 3. The van der Waals surface area contributed by atoms with E-state index in [2.05, 4.69) is 22.1 Å². The number of nitrogens with one attached hydrogen (secondary N) is 1. The Labute approximate surface area is 88.3 Å². The smallest absolute Gasteiger partial charge is 0.158 e. The molecule has 2 aromatic rings. The maximum absolute atomic E-state index is 5.80. The fourth-order valence-corrected chi connectivity index (χ4v) is 1.67. The first-order valence-electron chi connectivity index (χ1n) is 5.04. The van der Waals surface area contributed by atoms with E-state index in [9.17, 15) is 0 Å². The van der Waals surface area contributed by atoms with Crippen molar-refractivity contribution in [2.75, 3.05) is 5.73 Å². The first-order chi connectivity index (χ1) is 7.24. The van der Waals surface area contributed by atoms with Crippen LogP contribution in [0, 0.1) is 0 Å². The van der Waals surface area contributed by atoms with Gasteiger partial charge >= 0.3 is 0 Å². The highest BCUT2D eigenvalue weighted by atomic mass is 15.2. The van der Waals surface area contributed by atoms with Crippen LogP contribution in [-0.2, 0) is 13.5 Å². The van der Waals surface area contributed by atoms with E-state index in [0.717, 1.165) is 29.9 Å². The van der Waals surface area contributed by atoms with Crippen LogP contribution in [0.3, 0.4) is 0 Å². The van der Waals surface area contributed by atoms with E-state index in [-0.39, 0.29) is 0 Å². The predicted octanol–water partition coefficient (Wildman–Crippen LogP) is 1.34. The lowest BCUT2D eigenvalue weighted by Crippen LogP contribution is -1.96. The molecule has 0 aliphatic carbocycles. The number of imidazole rings is 1. The van der Waals surface area contributed by atoms with E-state index in [0.29, 0.717) is 5.82 Å². The summed E-state index contributed by atoms with van der Waals surface area (Å²) in [6.07, 6.45) is 5.63. The molecular formula is C10H15N5. The van der Waals surface area contributed by atoms with Crippen molar-refractivity contribution >= 4 is 5.82 Å². The standard InChI is InChI=1S/C10H15N5/c1-3-4-7-8(13-14-9(7)11)10-12-5-6-15(10)2/h5-6H,3-4H2,1-2H3,(H3,11,13,14). The largest absolute Gasteiger partial charge is 0.382 e. The zero-order valence-electron chi connectivity index (χ0n) is 8.99. The minimum atomic E-state index is 0.579. The van der Waals surface area contributed by atoms with Gasteiger partial charge in [-0.3, -0.25) is 5.10 Å². The van der Waals surface area contributed by atoms with Crippen molar-refractivity contribution in [3.05, 3.63) is 18.0 Å². The number of nitrogen functional groups attached to an aromatic ring is 1. The third kappa shape index (κ3) is 1.60. The quantitative estimate of drug-likeness (QED) is 0.794. The average molecular weight is 205 g/mol. The molecule has 0 unspecified atom stereocenters. The molecule has 0 radical (unpaired) electrons. The van der Waals surface area contributed by atoms with E-state index in [1.165, 1.54) is 0 Å². The molecule has 0 spiro atoms. The molecule has 2 rings (SSSR count). The second-order valence-electron chi connectivity index (χ2n) is 3.57. The number of aromatic amines is 1. The number of aryl methyl sites for hydroxylation is 1. The summed E-state index contributed by atoms with van der Waals surface area (Å²) in [6.45, 7) is 2.12. The van der Waals surface area contributed by atoms with Gasteiger partial charge < -0.3 is 10.3 Å². The van der Waals surface area contributed by atoms with Crippen LogP contribution in [0.25, 0.3) is 11.5 Å². The van der Waals surface area contributed by atoms with Gasteiger partial charge in [0.25, 0.3) is 0 Å². The van der Waals surface area contributed by atoms with E-state index < -0.39 is 0 Å². The monoisotopic (exact) mass is 205 g/mol. The fraction of sp³-hybridized carbons (Fsp3) is 0.400. The maximum atomic E-state index is 5.80. The van der Waals surface area contributed by atoms with Crippen molar-refractivity contribution in [1.82, 2.24) is 19.7 Å². The van der Waals surface area contributed by atoms with Gasteiger partial charge in [-0.2, -0.15) is 5.10 Å². The Balaban J connectivity index is 2.49. The Morgan fingerprint density at radius 1 is 1.53 bits per heavy atom. The van der Waals surface area contributed by atoms with Crippen LogP contribution in [0.2, 0.25) is 0 Å². The molecule has 0 aromatic carbocycles. The Morgan fingerprint density at radius 3 is 2.93 bits per heavy atom. The van der Waals surface area contributed by atoms with Gasteiger partial charge in [0.1, 0.15) is 11.5 Å². The van der Waals surface area contributed by atoms with Crippen molar-refractivity contribution in [3.8, 4) is 11.5 Å². The highest BCUT2D eigenvalue weighted by molar-refractivity contribution is 5.62. The van der Waals surface area contributed by atoms with Crippen LogP contribution >= 0.6 is 0 Å². The number of hydrogen-bond acceptors (Lipinski definition) is 3. The van der Waals surface area contributed by atoms with E-state index >= 15 is 0 Å². The second-order valence-corrected chi connectivity index (χ2v) is 3.57. The number of nitrogens with two attached hydrogens (primary N) is 1. The van der Waals surface area contributed by atoms with Crippen molar-refractivity contribution in [1.29, 1.82) is 0 Å². The SMILES string of the molecule is CCCc1c(N)n[nH]c1-c1nccn1C. The average Bonchev–Trinajstić information content (AvgIpc) is 2.76. The van der Waals surface area contributed by atoms with Crippen molar-refractivity contribution < 1.29 is 0 Å². The molecule has 0 bridgehead atoms. The Hall–Kier alpha value is -1.78. The molecule has 0 saturated carbocycles. The molecular weight excluding hydrogens is 190 g/mol. The summed E-state index contributed by atoms with van der Waals surface area (Å²) in [5.41, 5.74) is 7.80. The van der Waals surface area contributed by atoms with Crippen LogP contribution in [-0.4, -0.2) is 19.7 Å². The minimum absolute atomic E-state index is 0.579. The number of hydrogen-bond donors (Lipinski definition) is 2. The molecule has 15 heavy (non-hydrogen) atoms. The summed E-state index contributed by atoms with van der Waals surface area (Å²) in [5, 5.41) is 6.98. The third-order valence-corrected chi connectivity index (χ3v) is 2.44. The van der Waals surface area contributed by atoms with Gasteiger partial charge in [0.15, 0.2) is 5.82 Å². The molecule has 5 nitrogen and oxygen atoms in total. The molecule has 5 heteroatoms. The lowest BCUT2D eigenvalue weighted by atomic mass is 10.1. The normalized spacial score (nSPS) is 10.8. The Morgan fingerprint density at radius 2 is 2.33 bits per heavy atom. The zero-order chi connectivity index (χ0) is 10.8. The van der Waals surface area contributed by atoms with Crippen molar-refractivity contribution in [2.45, 2.75) is 19.8 Å². The van der Waals surface area contributed by atoms with Gasteiger partial charge in [-0.25, -0.2) is 4.98 Å². The Kier molecular flexibility index (Phi) is 2.45. The van der Waals surface area contributed by atoms with E-state index in [4.69, 9.17) is 5.73 Å². The van der Waals surface area contributed by atoms with Gasteiger partial charge in [-0.05, 0) is 6.42 Å². The molecule has 0 fully saturated rings. The first-order valence-corrected chi connectivity index (χ1v) is 5.04. The molecule has 80 valence electrons. The van der Waals surface area contributed by atoms with Crippen LogP contribution in [0.15, 0.2) is 12.4 Å². The van der Waals surface area contributed by atoms with Crippen LogP contribution in [0.1, 0.15) is 18.9 Å². The molecule has 2 heterocycles. The molecule has 2 aromatic heterocycles. The predicted molar refractivity (Wildman–Crippen MR) is 59.2 cm³/mol. The Bertz CT molecular complexity index is 454. The van der Waals surface area contributed by atoms with Gasteiger partial charge in [0.05, 0.1) is 0 Å².